The van der Waals surface area contributed by atoms with Crippen molar-refractivity contribution in [2.45, 2.75) is 13.8 Å². The summed E-state index contributed by atoms with van der Waals surface area (Å²) >= 11 is 0. The quantitative estimate of drug-likeness (QED) is 0.762. The zero-order valence-corrected chi connectivity index (χ0v) is 9.05. The van der Waals surface area contributed by atoms with Crippen LogP contribution in [0.1, 0.15) is 21.6 Å². The molecule has 3 heteroatoms. The lowest BCUT2D eigenvalue weighted by molar-refractivity contribution is 0.111. The highest BCUT2D eigenvalue weighted by molar-refractivity contribution is 5.98. The van der Waals surface area contributed by atoms with Gasteiger partial charge in [0.05, 0.1) is 12.6 Å². The van der Waals surface area contributed by atoms with Gasteiger partial charge in [-0.1, -0.05) is 12.1 Å². The molecule has 0 saturated heterocycles. The van der Waals surface area contributed by atoms with Crippen LogP contribution in [-0.2, 0) is 0 Å². The summed E-state index contributed by atoms with van der Waals surface area (Å²) in [6, 6.07) is 4.06. The number of aldehydes is 1. The van der Waals surface area contributed by atoms with Gasteiger partial charge in [0.2, 0.25) is 0 Å². The second-order valence-corrected chi connectivity index (χ2v) is 3.64. The molecule has 78 valence electrons. The standard InChI is InChI=1S/C12H13NO2/c1-7-4-5-8(2)11-10(7)12(15-3)9(6-14)13-11/h4-6,13H,1-3H3. The van der Waals surface area contributed by atoms with Crippen LogP contribution >= 0.6 is 0 Å². The first kappa shape index (κ1) is 9.77. The van der Waals surface area contributed by atoms with Crippen molar-refractivity contribution in [1.82, 2.24) is 4.98 Å². The largest absolute Gasteiger partial charge is 0.494 e. The van der Waals surface area contributed by atoms with Crippen LogP contribution in [0.15, 0.2) is 12.1 Å². The van der Waals surface area contributed by atoms with Crippen LogP contribution < -0.4 is 4.74 Å². The maximum atomic E-state index is 10.9. The molecule has 0 saturated carbocycles. The summed E-state index contributed by atoms with van der Waals surface area (Å²) in [4.78, 5) is 13.9. The first-order chi connectivity index (χ1) is 7.19. The van der Waals surface area contributed by atoms with Gasteiger partial charge < -0.3 is 9.72 Å². The van der Waals surface area contributed by atoms with Crippen molar-refractivity contribution >= 4 is 17.2 Å². The molecular weight excluding hydrogens is 190 g/mol. The molecule has 0 radical (unpaired) electrons. The summed E-state index contributed by atoms with van der Waals surface area (Å²) in [5, 5.41) is 1.000. The monoisotopic (exact) mass is 203 g/mol. The maximum Gasteiger partial charge on any atom is 0.170 e. The normalized spacial score (nSPS) is 10.6. The third-order valence-corrected chi connectivity index (χ3v) is 2.68. The van der Waals surface area contributed by atoms with E-state index in [0.717, 1.165) is 28.3 Å². The lowest BCUT2D eigenvalue weighted by atomic mass is 10.1. The minimum Gasteiger partial charge on any atom is -0.494 e. The number of hydrogen-bond acceptors (Lipinski definition) is 2. The fourth-order valence-corrected chi connectivity index (χ4v) is 1.89. The SMILES string of the molecule is COc1c(C=O)[nH]c2c(C)ccc(C)c12. The summed E-state index contributed by atoms with van der Waals surface area (Å²) in [5.41, 5.74) is 3.71. The predicted octanol–water partition coefficient (Wildman–Crippen LogP) is 2.61. The van der Waals surface area contributed by atoms with Crippen molar-refractivity contribution in [2.75, 3.05) is 7.11 Å². The van der Waals surface area contributed by atoms with E-state index in [1.165, 1.54) is 0 Å². The number of rotatable bonds is 2. The number of nitrogens with one attached hydrogen (secondary N) is 1. The highest BCUT2D eigenvalue weighted by atomic mass is 16.5. The molecule has 1 heterocycles. The minimum absolute atomic E-state index is 0.505. The summed E-state index contributed by atoms with van der Waals surface area (Å²) in [5.74, 6) is 0.640. The minimum atomic E-state index is 0.505. The first-order valence-corrected chi connectivity index (χ1v) is 4.80. The Morgan fingerprint density at radius 3 is 2.53 bits per heavy atom. The number of ether oxygens (including phenoxy) is 1. The molecule has 1 aromatic carbocycles. The van der Waals surface area contributed by atoms with E-state index in [4.69, 9.17) is 4.74 Å². The summed E-state index contributed by atoms with van der Waals surface area (Å²) < 4.78 is 5.26. The van der Waals surface area contributed by atoms with Gasteiger partial charge in [-0.05, 0) is 25.0 Å². The van der Waals surface area contributed by atoms with E-state index < -0.39 is 0 Å². The fraction of sp³-hybridized carbons (Fsp3) is 0.250. The van der Waals surface area contributed by atoms with E-state index in [1.807, 2.05) is 26.0 Å². The van der Waals surface area contributed by atoms with Crippen molar-refractivity contribution in [2.24, 2.45) is 0 Å². The van der Waals surface area contributed by atoms with Crippen molar-refractivity contribution in [3.05, 3.63) is 29.0 Å². The second-order valence-electron chi connectivity index (χ2n) is 3.64. The van der Waals surface area contributed by atoms with Crippen molar-refractivity contribution in [1.29, 1.82) is 0 Å². The molecule has 0 bridgehead atoms. The average molecular weight is 203 g/mol. The molecule has 0 aliphatic carbocycles. The average Bonchev–Trinajstić information content (AvgIpc) is 2.63. The zero-order chi connectivity index (χ0) is 11.0. The number of benzene rings is 1. The van der Waals surface area contributed by atoms with Crippen LogP contribution in [0.5, 0.6) is 5.75 Å². The topological polar surface area (TPSA) is 42.1 Å². The Bertz CT molecular complexity index is 526. The van der Waals surface area contributed by atoms with Gasteiger partial charge in [0.25, 0.3) is 0 Å². The molecule has 2 rings (SSSR count). The molecule has 0 aliphatic rings. The van der Waals surface area contributed by atoms with Crippen LogP contribution in [0.2, 0.25) is 0 Å². The van der Waals surface area contributed by atoms with E-state index in [2.05, 4.69) is 4.98 Å². The lowest BCUT2D eigenvalue weighted by Crippen LogP contribution is -1.87. The Hall–Kier alpha value is -1.77. The number of H-pyrrole nitrogens is 1. The molecule has 15 heavy (non-hydrogen) atoms. The predicted molar refractivity (Wildman–Crippen MR) is 59.7 cm³/mol. The second kappa shape index (κ2) is 3.42. The molecule has 0 fully saturated rings. The van der Waals surface area contributed by atoms with Gasteiger partial charge in [0, 0.05) is 5.39 Å². The molecule has 1 aromatic heterocycles. The Labute approximate surface area is 88.1 Å². The van der Waals surface area contributed by atoms with Crippen molar-refractivity contribution < 1.29 is 9.53 Å². The number of methoxy groups -OCH3 is 1. The molecule has 0 atom stereocenters. The Balaban J connectivity index is 2.93. The van der Waals surface area contributed by atoms with Gasteiger partial charge in [-0.2, -0.15) is 0 Å². The highest BCUT2D eigenvalue weighted by Gasteiger charge is 2.14. The molecule has 0 aliphatic heterocycles. The van der Waals surface area contributed by atoms with Crippen molar-refractivity contribution in [3.63, 3.8) is 0 Å². The first-order valence-electron chi connectivity index (χ1n) is 4.80. The van der Waals surface area contributed by atoms with E-state index in [9.17, 15) is 4.79 Å². The summed E-state index contributed by atoms with van der Waals surface area (Å²) in [7, 11) is 1.58. The van der Waals surface area contributed by atoms with Gasteiger partial charge in [-0.25, -0.2) is 0 Å². The van der Waals surface area contributed by atoms with Crippen LogP contribution in [-0.4, -0.2) is 18.4 Å². The van der Waals surface area contributed by atoms with Gasteiger partial charge in [0.15, 0.2) is 12.0 Å². The number of carbonyl (C=O) groups excluding carboxylic acids is 1. The zero-order valence-electron chi connectivity index (χ0n) is 9.05. The molecule has 0 unspecified atom stereocenters. The number of carbonyl (C=O) groups is 1. The van der Waals surface area contributed by atoms with E-state index in [-0.39, 0.29) is 0 Å². The van der Waals surface area contributed by atoms with Crippen LogP contribution in [0.25, 0.3) is 10.9 Å². The van der Waals surface area contributed by atoms with Crippen LogP contribution in [0.4, 0.5) is 0 Å². The van der Waals surface area contributed by atoms with Gasteiger partial charge in [-0.15, -0.1) is 0 Å². The number of hydrogen-bond donors (Lipinski definition) is 1. The highest BCUT2D eigenvalue weighted by Crippen LogP contribution is 2.33. The smallest absolute Gasteiger partial charge is 0.170 e. The number of aryl methyl sites for hydroxylation is 2. The maximum absolute atomic E-state index is 10.9. The Morgan fingerprint density at radius 2 is 1.93 bits per heavy atom. The summed E-state index contributed by atoms with van der Waals surface area (Å²) in [6.45, 7) is 4.01. The lowest BCUT2D eigenvalue weighted by Gasteiger charge is -2.02. The third kappa shape index (κ3) is 1.31. The van der Waals surface area contributed by atoms with E-state index in [1.54, 1.807) is 7.11 Å². The molecule has 0 amide bonds. The van der Waals surface area contributed by atoms with Gasteiger partial charge >= 0.3 is 0 Å². The van der Waals surface area contributed by atoms with E-state index in [0.29, 0.717) is 11.4 Å². The number of aromatic nitrogens is 1. The molecule has 1 N–H and O–H groups in total. The number of aromatic amines is 1. The molecular formula is C12H13NO2. The van der Waals surface area contributed by atoms with E-state index >= 15 is 0 Å². The molecule has 0 spiro atoms. The van der Waals surface area contributed by atoms with Crippen molar-refractivity contribution in [3.8, 4) is 5.75 Å². The molecule has 3 nitrogen and oxygen atoms in total. The number of fused-ring (bicyclic) bond motifs is 1. The van der Waals surface area contributed by atoms with Crippen LogP contribution in [0.3, 0.4) is 0 Å². The van der Waals surface area contributed by atoms with Crippen LogP contribution in [0, 0.1) is 13.8 Å². The summed E-state index contributed by atoms with van der Waals surface area (Å²) in [6.07, 6.45) is 0.789. The fourth-order valence-electron chi connectivity index (χ4n) is 1.89. The Morgan fingerprint density at radius 1 is 1.27 bits per heavy atom. The Kier molecular flexibility index (Phi) is 2.23. The third-order valence-electron chi connectivity index (χ3n) is 2.68. The molecule has 2 aromatic rings. The van der Waals surface area contributed by atoms with Gasteiger partial charge in [-0.3, -0.25) is 4.79 Å². The van der Waals surface area contributed by atoms with Gasteiger partial charge in [0.1, 0.15) is 5.69 Å².